The monoisotopic (exact) mass is 232 g/mol. The second kappa shape index (κ2) is 4.80. The first-order valence-corrected chi connectivity index (χ1v) is 5.29. The number of piperazine rings is 1. The summed E-state index contributed by atoms with van der Waals surface area (Å²) < 4.78 is 0. The highest BCUT2D eigenvalue weighted by atomic mass is 16.4. The fourth-order valence-corrected chi connectivity index (χ4v) is 1.89. The van der Waals surface area contributed by atoms with Crippen LogP contribution in [-0.4, -0.2) is 41.7 Å². The maximum Gasteiger partial charge on any atom is 0.327 e. The van der Waals surface area contributed by atoms with E-state index in [1.807, 2.05) is 6.07 Å². The van der Waals surface area contributed by atoms with Crippen molar-refractivity contribution < 1.29 is 9.90 Å². The van der Waals surface area contributed by atoms with Crippen LogP contribution in [0.5, 0.6) is 0 Å². The third-order valence-corrected chi connectivity index (χ3v) is 2.71. The zero-order valence-corrected chi connectivity index (χ0v) is 9.13. The SMILES string of the molecule is N#Cc1cccnc1N1CCNC[C@H]1C(=O)O. The first-order chi connectivity index (χ1) is 8.24. The van der Waals surface area contributed by atoms with Crippen molar-refractivity contribution in [3.8, 4) is 6.07 Å². The second-order valence-corrected chi connectivity index (χ2v) is 3.74. The maximum absolute atomic E-state index is 11.1. The molecule has 0 radical (unpaired) electrons. The third kappa shape index (κ3) is 2.19. The van der Waals surface area contributed by atoms with Crippen LogP contribution in [0.15, 0.2) is 18.3 Å². The first-order valence-electron chi connectivity index (χ1n) is 5.29. The summed E-state index contributed by atoms with van der Waals surface area (Å²) in [6.45, 7) is 1.57. The molecule has 1 aliphatic heterocycles. The highest BCUT2D eigenvalue weighted by molar-refractivity contribution is 5.79. The summed E-state index contributed by atoms with van der Waals surface area (Å²) in [5.74, 6) is -0.462. The maximum atomic E-state index is 11.1. The number of carbonyl (C=O) groups is 1. The van der Waals surface area contributed by atoms with E-state index >= 15 is 0 Å². The second-order valence-electron chi connectivity index (χ2n) is 3.74. The predicted molar refractivity (Wildman–Crippen MR) is 60.6 cm³/mol. The number of aliphatic carboxylic acids is 1. The van der Waals surface area contributed by atoms with Gasteiger partial charge in [0.25, 0.3) is 0 Å². The van der Waals surface area contributed by atoms with E-state index < -0.39 is 12.0 Å². The Morgan fingerprint density at radius 2 is 2.53 bits per heavy atom. The van der Waals surface area contributed by atoms with Gasteiger partial charge in [0.1, 0.15) is 17.9 Å². The topological polar surface area (TPSA) is 89.3 Å². The smallest absolute Gasteiger partial charge is 0.327 e. The summed E-state index contributed by atoms with van der Waals surface area (Å²) in [4.78, 5) is 16.9. The fraction of sp³-hybridized carbons (Fsp3) is 0.364. The van der Waals surface area contributed by atoms with E-state index in [0.717, 1.165) is 0 Å². The molecule has 0 aromatic carbocycles. The Bertz CT molecular complexity index is 469. The summed E-state index contributed by atoms with van der Waals surface area (Å²) >= 11 is 0. The molecule has 17 heavy (non-hydrogen) atoms. The standard InChI is InChI=1S/C11H12N4O2/c12-6-8-2-1-3-14-10(8)15-5-4-13-7-9(15)11(16)17/h1-3,9,13H,4-5,7H2,(H,16,17)/t9-/m0/s1. The molecule has 6 nitrogen and oxygen atoms in total. The molecular formula is C11H12N4O2. The van der Waals surface area contributed by atoms with Gasteiger partial charge in [-0.05, 0) is 12.1 Å². The van der Waals surface area contributed by atoms with Crippen LogP contribution in [-0.2, 0) is 4.79 Å². The van der Waals surface area contributed by atoms with Crippen molar-refractivity contribution >= 4 is 11.8 Å². The van der Waals surface area contributed by atoms with Gasteiger partial charge in [0, 0.05) is 25.8 Å². The van der Waals surface area contributed by atoms with Crippen molar-refractivity contribution in [2.24, 2.45) is 0 Å². The number of nitrogens with one attached hydrogen (secondary N) is 1. The third-order valence-electron chi connectivity index (χ3n) is 2.71. The highest BCUT2D eigenvalue weighted by Gasteiger charge is 2.30. The Morgan fingerprint density at radius 1 is 1.71 bits per heavy atom. The van der Waals surface area contributed by atoms with Crippen LogP contribution in [0.3, 0.4) is 0 Å². The van der Waals surface area contributed by atoms with E-state index in [2.05, 4.69) is 10.3 Å². The lowest BCUT2D eigenvalue weighted by Gasteiger charge is -2.34. The molecule has 2 rings (SSSR count). The van der Waals surface area contributed by atoms with Crippen molar-refractivity contribution in [1.29, 1.82) is 5.26 Å². The van der Waals surface area contributed by atoms with Gasteiger partial charge in [-0.1, -0.05) is 0 Å². The largest absolute Gasteiger partial charge is 0.480 e. The van der Waals surface area contributed by atoms with Crippen molar-refractivity contribution in [2.75, 3.05) is 24.5 Å². The number of hydrogen-bond donors (Lipinski definition) is 2. The number of nitriles is 1. The quantitative estimate of drug-likeness (QED) is 0.735. The number of carboxylic acid groups (broad SMARTS) is 1. The first kappa shape index (κ1) is 11.4. The number of aromatic nitrogens is 1. The van der Waals surface area contributed by atoms with E-state index in [4.69, 9.17) is 10.4 Å². The lowest BCUT2D eigenvalue weighted by atomic mass is 10.1. The molecule has 1 aliphatic rings. The summed E-state index contributed by atoms with van der Waals surface area (Å²) in [6.07, 6.45) is 1.57. The van der Waals surface area contributed by atoms with Gasteiger partial charge in [0.15, 0.2) is 0 Å². The molecule has 0 bridgehead atoms. The molecule has 1 aromatic heterocycles. The molecule has 1 saturated heterocycles. The molecule has 0 saturated carbocycles. The predicted octanol–water partition coefficient (Wildman–Crippen LogP) is -0.184. The zero-order chi connectivity index (χ0) is 12.3. The van der Waals surface area contributed by atoms with Crippen LogP contribution >= 0.6 is 0 Å². The van der Waals surface area contributed by atoms with Crippen LogP contribution in [0, 0.1) is 11.3 Å². The number of hydrogen-bond acceptors (Lipinski definition) is 5. The summed E-state index contributed by atoms with van der Waals surface area (Å²) in [6, 6.07) is 4.67. The Hall–Kier alpha value is -2.13. The number of anilines is 1. The van der Waals surface area contributed by atoms with Gasteiger partial charge >= 0.3 is 5.97 Å². The van der Waals surface area contributed by atoms with E-state index in [-0.39, 0.29) is 0 Å². The van der Waals surface area contributed by atoms with Crippen LogP contribution in [0.25, 0.3) is 0 Å². The summed E-state index contributed by atoms with van der Waals surface area (Å²) in [5.41, 5.74) is 0.403. The highest BCUT2D eigenvalue weighted by Crippen LogP contribution is 2.19. The van der Waals surface area contributed by atoms with Gasteiger partial charge in [0.05, 0.1) is 5.56 Å². The Labute approximate surface area is 98.5 Å². The molecular weight excluding hydrogens is 220 g/mol. The van der Waals surface area contributed by atoms with Gasteiger partial charge in [-0.3, -0.25) is 0 Å². The molecule has 1 atom stereocenters. The lowest BCUT2D eigenvalue weighted by Crippen LogP contribution is -2.55. The molecule has 0 spiro atoms. The van der Waals surface area contributed by atoms with E-state index in [9.17, 15) is 4.79 Å². The zero-order valence-electron chi connectivity index (χ0n) is 9.13. The summed E-state index contributed by atoms with van der Waals surface area (Å²) in [5, 5.41) is 21.2. The van der Waals surface area contributed by atoms with Gasteiger partial charge in [-0.15, -0.1) is 0 Å². The number of nitrogens with zero attached hydrogens (tertiary/aromatic N) is 3. The minimum Gasteiger partial charge on any atom is -0.480 e. The van der Waals surface area contributed by atoms with E-state index in [1.165, 1.54) is 0 Å². The van der Waals surface area contributed by atoms with Gasteiger partial charge in [-0.2, -0.15) is 5.26 Å². The molecule has 0 unspecified atom stereocenters. The lowest BCUT2D eigenvalue weighted by molar-refractivity contribution is -0.138. The minimum absolute atomic E-state index is 0.358. The Balaban J connectivity index is 2.36. The Kier molecular flexibility index (Phi) is 3.21. The van der Waals surface area contributed by atoms with Crippen molar-refractivity contribution in [3.05, 3.63) is 23.9 Å². The average molecular weight is 232 g/mol. The van der Waals surface area contributed by atoms with Gasteiger partial charge in [0.2, 0.25) is 0 Å². The van der Waals surface area contributed by atoms with E-state index in [0.29, 0.717) is 31.0 Å². The average Bonchev–Trinajstić information content (AvgIpc) is 2.38. The van der Waals surface area contributed by atoms with Gasteiger partial charge < -0.3 is 15.3 Å². The van der Waals surface area contributed by atoms with Gasteiger partial charge in [-0.25, -0.2) is 9.78 Å². The normalized spacial score (nSPS) is 19.7. The van der Waals surface area contributed by atoms with Crippen LogP contribution in [0.4, 0.5) is 5.82 Å². The number of carboxylic acids is 1. The molecule has 88 valence electrons. The molecule has 2 heterocycles. The molecule has 0 amide bonds. The fourth-order valence-electron chi connectivity index (χ4n) is 1.89. The van der Waals surface area contributed by atoms with E-state index in [1.54, 1.807) is 23.2 Å². The molecule has 1 aromatic rings. The van der Waals surface area contributed by atoms with Crippen molar-refractivity contribution in [3.63, 3.8) is 0 Å². The molecule has 6 heteroatoms. The minimum atomic E-state index is -0.910. The van der Waals surface area contributed by atoms with Crippen molar-refractivity contribution in [1.82, 2.24) is 10.3 Å². The molecule has 1 fully saturated rings. The van der Waals surface area contributed by atoms with Crippen LogP contribution in [0.1, 0.15) is 5.56 Å². The Morgan fingerprint density at radius 3 is 3.24 bits per heavy atom. The molecule has 0 aliphatic carbocycles. The number of rotatable bonds is 2. The van der Waals surface area contributed by atoms with Crippen molar-refractivity contribution in [2.45, 2.75) is 6.04 Å². The van der Waals surface area contributed by atoms with Crippen LogP contribution in [0.2, 0.25) is 0 Å². The molecule has 2 N–H and O–H groups in total. The van der Waals surface area contributed by atoms with Crippen LogP contribution < -0.4 is 10.2 Å². The number of pyridine rings is 1. The summed E-state index contributed by atoms with van der Waals surface area (Å²) in [7, 11) is 0.